The molecule has 5 nitrogen and oxygen atoms in total. The Kier molecular flexibility index (Phi) is 6.79. The predicted octanol–water partition coefficient (Wildman–Crippen LogP) is 13.2. The van der Waals surface area contributed by atoms with Gasteiger partial charge in [-0.25, -0.2) is 15.0 Å². The number of furan rings is 2. The van der Waals surface area contributed by atoms with Crippen molar-refractivity contribution >= 4 is 54.6 Å². The average Bonchev–Trinajstić information content (AvgIpc) is 3.81. The van der Waals surface area contributed by atoms with E-state index in [0.29, 0.717) is 17.5 Å². The second-order valence-corrected chi connectivity index (χ2v) is 13.6. The lowest BCUT2D eigenvalue weighted by Gasteiger charge is -2.10. The van der Waals surface area contributed by atoms with Gasteiger partial charge in [0.25, 0.3) is 0 Å². The van der Waals surface area contributed by atoms with Gasteiger partial charge in [-0.05, 0) is 69.4 Å². The minimum atomic E-state index is 0.583. The molecular formula is C49H29N3O2. The number of hydrogen-bond acceptors (Lipinski definition) is 5. The monoisotopic (exact) mass is 691 g/mol. The van der Waals surface area contributed by atoms with Crippen LogP contribution in [0.1, 0.15) is 0 Å². The first-order valence-electron chi connectivity index (χ1n) is 18.0. The number of benzene rings is 8. The van der Waals surface area contributed by atoms with Gasteiger partial charge in [0, 0.05) is 38.2 Å². The third kappa shape index (κ3) is 4.98. The molecule has 0 atom stereocenters. The molecule has 0 aliphatic heterocycles. The zero-order valence-corrected chi connectivity index (χ0v) is 28.9. The quantitative estimate of drug-likeness (QED) is 0.180. The Balaban J connectivity index is 1.10. The van der Waals surface area contributed by atoms with E-state index in [1.165, 1.54) is 5.39 Å². The predicted molar refractivity (Wildman–Crippen MR) is 219 cm³/mol. The number of rotatable bonds is 5. The molecule has 3 aromatic heterocycles. The molecule has 5 heteroatoms. The van der Waals surface area contributed by atoms with E-state index in [9.17, 15) is 0 Å². The molecule has 0 amide bonds. The molecular weight excluding hydrogens is 663 g/mol. The first kappa shape index (κ1) is 30.3. The van der Waals surface area contributed by atoms with Gasteiger partial charge in [0.15, 0.2) is 17.5 Å². The van der Waals surface area contributed by atoms with Crippen molar-refractivity contribution < 1.29 is 8.83 Å². The standard InChI is InChI=1S/C49H29N3O2/c1-3-11-30(12-4-1)31-21-23-33(24-22-31)48-50-47(32-13-5-2-6-14-32)51-49(52-48)38-18-10-20-43-46(38)39-28-36(25-26-41(39)53-43)37-17-9-19-42-45(37)40-27-34-15-7-8-16-35(34)29-44(40)54-42/h1-29H. The summed E-state index contributed by atoms with van der Waals surface area (Å²) in [5, 5.41) is 6.48. The van der Waals surface area contributed by atoms with E-state index in [0.717, 1.165) is 88.2 Å². The Morgan fingerprint density at radius 3 is 1.52 bits per heavy atom. The van der Waals surface area contributed by atoms with Crippen molar-refractivity contribution in [3.63, 3.8) is 0 Å². The SMILES string of the molecule is c1ccc(-c2ccc(-c3nc(-c4ccccc4)nc(-c4cccc5oc6ccc(-c7cccc8oc9cc%10ccccc%10cc9c78)cc6c45)n3)cc2)cc1. The van der Waals surface area contributed by atoms with E-state index < -0.39 is 0 Å². The summed E-state index contributed by atoms with van der Waals surface area (Å²) in [6, 6.07) is 60.4. The summed E-state index contributed by atoms with van der Waals surface area (Å²) in [7, 11) is 0. The van der Waals surface area contributed by atoms with Crippen LogP contribution < -0.4 is 0 Å². The van der Waals surface area contributed by atoms with Gasteiger partial charge in [-0.15, -0.1) is 0 Å². The summed E-state index contributed by atoms with van der Waals surface area (Å²) in [5.74, 6) is 1.80. The Labute approximate surface area is 309 Å². The molecule has 252 valence electrons. The lowest BCUT2D eigenvalue weighted by molar-refractivity contribution is 0.669. The van der Waals surface area contributed by atoms with Crippen LogP contribution in [-0.2, 0) is 0 Å². The highest BCUT2D eigenvalue weighted by molar-refractivity contribution is 6.17. The van der Waals surface area contributed by atoms with Crippen molar-refractivity contribution in [2.45, 2.75) is 0 Å². The number of hydrogen-bond donors (Lipinski definition) is 0. The Morgan fingerprint density at radius 1 is 0.296 bits per heavy atom. The fraction of sp³-hybridized carbons (Fsp3) is 0. The second kappa shape index (κ2) is 12.1. The van der Waals surface area contributed by atoms with Crippen LogP contribution in [0.3, 0.4) is 0 Å². The van der Waals surface area contributed by atoms with Gasteiger partial charge < -0.3 is 8.83 Å². The maximum atomic E-state index is 6.49. The first-order chi connectivity index (χ1) is 26.7. The normalized spacial score (nSPS) is 11.7. The van der Waals surface area contributed by atoms with Crippen molar-refractivity contribution in [1.29, 1.82) is 0 Å². The van der Waals surface area contributed by atoms with E-state index in [-0.39, 0.29) is 0 Å². The van der Waals surface area contributed by atoms with Crippen LogP contribution in [0.25, 0.3) is 111 Å². The molecule has 0 N–H and O–H groups in total. The van der Waals surface area contributed by atoms with E-state index in [2.05, 4.69) is 121 Å². The summed E-state index contributed by atoms with van der Waals surface area (Å²) >= 11 is 0. The van der Waals surface area contributed by atoms with Crippen LogP contribution in [0, 0.1) is 0 Å². The molecule has 0 unspecified atom stereocenters. The van der Waals surface area contributed by atoms with Crippen molar-refractivity contribution in [3.05, 3.63) is 176 Å². The Morgan fingerprint density at radius 2 is 0.796 bits per heavy atom. The van der Waals surface area contributed by atoms with Gasteiger partial charge in [0.05, 0.1) is 0 Å². The minimum Gasteiger partial charge on any atom is -0.456 e. The van der Waals surface area contributed by atoms with Gasteiger partial charge in [-0.3, -0.25) is 0 Å². The average molecular weight is 692 g/mol. The molecule has 54 heavy (non-hydrogen) atoms. The third-order valence-electron chi connectivity index (χ3n) is 10.3. The number of aromatic nitrogens is 3. The van der Waals surface area contributed by atoms with Crippen molar-refractivity contribution in [2.24, 2.45) is 0 Å². The first-order valence-corrected chi connectivity index (χ1v) is 18.0. The molecule has 11 aromatic rings. The summed E-state index contributed by atoms with van der Waals surface area (Å²) < 4.78 is 12.9. The van der Waals surface area contributed by atoms with Gasteiger partial charge >= 0.3 is 0 Å². The van der Waals surface area contributed by atoms with Crippen LogP contribution in [0.5, 0.6) is 0 Å². The summed E-state index contributed by atoms with van der Waals surface area (Å²) in [6.45, 7) is 0. The number of fused-ring (bicyclic) bond motifs is 7. The lowest BCUT2D eigenvalue weighted by atomic mass is 9.96. The third-order valence-corrected chi connectivity index (χ3v) is 10.3. The van der Waals surface area contributed by atoms with Crippen molar-refractivity contribution in [3.8, 4) is 56.4 Å². The smallest absolute Gasteiger partial charge is 0.164 e. The van der Waals surface area contributed by atoms with E-state index in [4.69, 9.17) is 23.8 Å². The molecule has 0 aliphatic rings. The molecule has 0 saturated carbocycles. The van der Waals surface area contributed by atoms with Gasteiger partial charge in [0.1, 0.15) is 22.3 Å². The second-order valence-electron chi connectivity index (χ2n) is 13.6. The van der Waals surface area contributed by atoms with E-state index in [1.807, 2.05) is 54.6 Å². The lowest BCUT2D eigenvalue weighted by Crippen LogP contribution is -2.00. The largest absolute Gasteiger partial charge is 0.456 e. The molecule has 0 bridgehead atoms. The summed E-state index contributed by atoms with van der Waals surface area (Å²) in [6.07, 6.45) is 0. The van der Waals surface area contributed by atoms with Crippen LogP contribution in [-0.4, -0.2) is 15.0 Å². The highest BCUT2D eigenvalue weighted by Crippen LogP contribution is 2.42. The fourth-order valence-electron chi connectivity index (χ4n) is 7.72. The Bertz CT molecular complexity index is 3200. The van der Waals surface area contributed by atoms with Crippen LogP contribution >= 0.6 is 0 Å². The van der Waals surface area contributed by atoms with Gasteiger partial charge in [-0.1, -0.05) is 140 Å². The topological polar surface area (TPSA) is 65.0 Å². The van der Waals surface area contributed by atoms with Crippen molar-refractivity contribution in [2.75, 3.05) is 0 Å². The zero-order valence-electron chi connectivity index (χ0n) is 28.9. The summed E-state index contributed by atoms with van der Waals surface area (Å²) in [5.41, 5.74) is 10.5. The van der Waals surface area contributed by atoms with E-state index in [1.54, 1.807) is 0 Å². The summed E-state index contributed by atoms with van der Waals surface area (Å²) in [4.78, 5) is 15.2. The van der Waals surface area contributed by atoms with Gasteiger partial charge in [0.2, 0.25) is 0 Å². The van der Waals surface area contributed by atoms with Crippen LogP contribution in [0.4, 0.5) is 0 Å². The van der Waals surface area contributed by atoms with Crippen LogP contribution in [0.15, 0.2) is 185 Å². The molecule has 0 spiro atoms. The molecule has 3 heterocycles. The molecule has 0 fully saturated rings. The molecule has 8 aromatic carbocycles. The number of nitrogens with zero attached hydrogens (tertiary/aromatic N) is 3. The molecule has 11 rings (SSSR count). The van der Waals surface area contributed by atoms with Crippen molar-refractivity contribution in [1.82, 2.24) is 15.0 Å². The highest BCUT2D eigenvalue weighted by atomic mass is 16.3. The van der Waals surface area contributed by atoms with Gasteiger partial charge in [-0.2, -0.15) is 0 Å². The molecule has 0 saturated heterocycles. The van der Waals surface area contributed by atoms with E-state index >= 15 is 0 Å². The fourth-order valence-corrected chi connectivity index (χ4v) is 7.72. The maximum Gasteiger partial charge on any atom is 0.164 e. The molecule has 0 radical (unpaired) electrons. The zero-order chi connectivity index (χ0) is 35.6. The Hall–Kier alpha value is -7.37. The molecule has 0 aliphatic carbocycles. The maximum absolute atomic E-state index is 6.49. The van der Waals surface area contributed by atoms with Crippen LogP contribution in [0.2, 0.25) is 0 Å². The highest BCUT2D eigenvalue weighted by Gasteiger charge is 2.20. The minimum absolute atomic E-state index is 0.583.